The minimum atomic E-state index is -0.265. The van der Waals surface area contributed by atoms with Gasteiger partial charge in [0.1, 0.15) is 5.82 Å². The fraction of sp³-hybridized carbons (Fsp3) is 0.235. The summed E-state index contributed by atoms with van der Waals surface area (Å²) in [7, 11) is 0. The number of rotatable bonds is 3. The molecular weight excluding hydrogens is 267 g/mol. The highest BCUT2D eigenvalue weighted by Crippen LogP contribution is 2.27. The Balaban J connectivity index is 1.66. The number of carbonyl (C=O) groups is 1. The second-order valence-corrected chi connectivity index (χ2v) is 5.24. The van der Waals surface area contributed by atoms with Gasteiger partial charge in [0.2, 0.25) is 5.91 Å². The number of hydrogen-bond acceptors (Lipinski definition) is 2. The van der Waals surface area contributed by atoms with Crippen molar-refractivity contribution in [1.82, 2.24) is 0 Å². The van der Waals surface area contributed by atoms with Crippen LogP contribution in [0.15, 0.2) is 42.5 Å². The molecule has 1 aliphatic rings. The quantitative estimate of drug-likeness (QED) is 0.939. The first-order chi connectivity index (χ1) is 10.1. The summed E-state index contributed by atoms with van der Waals surface area (Å²) in [5.41, 5.74) is 3.41. The number of nitrogens with one attached hydrogen (secondary N) is 1. The van der Waals surface area contributed by atoms with Gasteiger partial charge in [-0.3, -0.25) is 4.79 Å². The minimum absolute atomic E-state index is 0.000864. The Bertz CT molecular complexity index is 684. The SMILES string of the molecule is Cc1ccc(NCC(=O)N2CCc3ccccc32)cc1F. The van der Waals surface area contributed by atoms with Crippen molar-refractivity contribution >= 4 is 17.3 Å². The van der Waals surface area contributed by atoms with Gasteiger partial charge in [0.15, 0.2) is 0 Å². The van der Waals surface area contributed by atoms with E-state index in [1.807, 2.05) is 24.3 Å². The monoisotopic (exact) mass is 284 g/mol. The van der Waals surface area contributed by atoms with Crippen molar-refractivity contribution in [2.24, 2.45) is 0 Å². The van der Waals surface area contributed by atoms with Crippen LogP contribution in [-0.4, -0.2) is 19.0 Å². The molecule has 0 spiro atoms. The predicted molar refractivity (Wildman–Crippen MR) is 82.1 cm³/mol. The van der Waals surface area contributed by atoms with Gasteiger partial charge in [-0.1, -0.05) is 24.3 Å². The average molecular weight is 284 g/mol. The summed E-state index contributed by atoms with van der Waals surface area (Å²) in [5.74, 6) is -0.264. The normalized spacial score (nSPS) is 13.1. The molecular formula is C17H17FN2O. The van der Waals surface area contributed by atoms with Crippen molar-refractivity contribution in [3.8, 4) is 0 Å². The van der Waals surface area contributed by atoms with Gasteiger partial charge in [0.25, 0.3) is 0 Å². The highest BCUT2D eigenvalue weighted by molar-refractivity contribution is 5.98. The molecule has 1 amide bonds. The number of amides is 1. The van der Waals surface area contributed by atoms with Gasteiger partial charge < -0.3 is 10.2 Å². The Morgan fingerprint density at radius 1 is 1.29 bits per heavy atom. The molecule has 2 aromatic rings. The Morgan fingerprint density at radius 2 is 2.10 bits per heavy atom. The number of halogens is 1. The van der Waals surface area contributed by atoms with Gasteiger partial charge in [-0.05, 0) is 42.7 Å². The van der Waals surface area contributed by atoms with Gasteiger partial charge in [0.05, 0.1) is 6.54 Å². The zero-order chi connectivity index (χ0) is 14.8. The van der Waals surface area contributed by atoms with Crippen LogP contribution >= 0.6 is 0 Å². The van der Waals surface area contributed by atoms with Crippen LogP contribution in [0.2, 0.25) is 0 Å². The highest BCUT2D eigenvalue weighted by Gasteiger charge is 2.23. The zero-order valence-corrected chi connectivity index (χ0v) is 11.9. The fourth-order valence-electron chi connectivity index (χ4n) is 2.57. The molecule has 0 radical (unpaired) electrons. The molecule has 0 bridgehead atoms. The maximum Gasteiger partial charge on any atom is 0.246 e. The number of benzene rings is 2. The Hall–Kier alpha value is -2.36. The summed E-state index contributed by atoms with van der Waals surface area (Å²) >= 11 is 0. The second-order valence-electron chi connectivity index (χ2n) is 5.24. The summed E-state index contributed by atoms with van der Waals surface area (Å²) in [4.78, 5) is 14.1. The number of nitrogens with zero attached hydrogens (tertiary/aromatic N) is 1. The maximum absolute atomic E-state index is 13.5. The first-order valence-electron chi connectivity index (χ1n) is 7.03. The first kappa shape index (κ1) is 13.6. The molecule has 108 valence electrons. The molecule has 0 aromatic heterocycles. The van der Waals surface area contributed by atoms with Crippen molar-refractivity contribution < 1.29 is 9.18 Å². The van der Waals surface area contributed by atoms with Gasteiger partial charge in [-0.2, -0.15) is 0 Å². The Kier molecular flexibility index (Phi) is 3.60. The Labute approximate surface area is 123 Å². The van der Waals surface area contributed by atoms with Crippen molar-refractivity contribution in [1.29, 1.82) is 0 Å². The lowest BCUT2D eigenvalue weighted by Crippen LogP contribution is -2.34. The van der Waals surface area contributed by atoms with E-state index in [9.17, 15) is 9.18 Å². The smallest absolute Gasteiger partial charge is 0.246 e. The van der Waals surface area contributed by atoms with E-state index in [1.165, 1.54) is 11.6 Å². The third-order valence-electron chi connectivity index (χ3n) is 3.80. The molecule has 0 fully saturated rings. The molecule has 0 unspecified atom stereocenters. The van der Waals surface area contributed by atoms with E-state index in [-0.39, 0.29) is 18.3 Å². The van der Waals surface area contributed by atoms with Gasteiger partial charge in [-0.25, -0.2) is 4.39 Å². The summed E-state index contributed by atoms with van der Waals surface area (Å²) < 4.78 is 13.5. The molecule has 0 saturated carbocycles. The van der Waals surface area contributed by atoms with Crippen LogP contribution in [0.5, 0.6) is 0 Å². The number of carbonyl (C=O) groups excluding carboxylic acids is 1. The lowest BCUT2D eigenvalue weighted by Gasteiger charge is -2.18. The second kappa shape index (κ2) is 5.56. The van der Waals surface area contributed by atoms with E-state index < -0.39 is 0 Å². The molecule has 1 heterocycles. The lowest BCUT2D eigenvalue weighted by atomic mass is 10.2. The fourth-order valence-corrected chi connectivity index (χ4v) is 2.57. The molecule has 3 rings (SSSR count). The van der Waals surface area contributed by atoms with E-state index in [1.54, 1.807) is 24.0 Å². The average Bonchev–Trinajstić information content (AvgIpc) is 2.92. The van der Waals surface area contributed by atoms with Crippen molar-refractivity contribution in [3.05, 3.63) is 59.4 Å². The van der Waals surface area contributed by atoms with Gasteiger partial charge in [0, 0.05) is 17.9 Å². The van der Waals surface area contributed by atoms with Crippen LogP contribution in [0, 0.1) is 12.7 Å². The van der Waals surface area contributed by atoms with E-state index in [0.29, 0.717) is 17.8 Å². The lowest BCUT2D eigenvalue weighted by molar-refractivity contribution is -0.116. The van der Waals surface area contributed by atoms with E-state index >= 15 is 0 Å². The summed E-state index contributed by atoms with van der Waals surface area (Å²) in [6, 6.07) is 12.8. The first-order valence-corrected chi connectivity index (χ1v) is 7.03. The van der Waals surface area contributed by atoms with Crippen LogP contribution in [0.25, 0.3) is 0 Å². The van der Waals surface area contributed by atoms with E-state index in [4.69, 9.17) is 0 Å². The van der Waals surface area contributed by atoms with Crippen molar-refractivity contribution in [2.45, 2.75) is 13.3 Å². The molecule has 0 saturated heterocycles. The molecule has 4 heteroatoms. The summed E-state index contributed by atoms with van der Waals surface area (Å²) in [6.07, 6.45) is 0.890. The number of fused-ring (bicyclic) bond motifs is 1. The van der Waals surface area contributed by atoms with Crippen molar-refractivity contribution in [3.63, 3.8) is 0 Å². The molecule has 21 heavy (non-hydrogen) atoms. The standard InChI is InChI=1S/C17H17FN2O/c1-12-6-7-14(10-15(12)18)19-11-17(21)20-9-8-13-4-2-3-5-16(13)20/h2-7,10,19H,8-9,11H2,1H3. The summed E-state index contributed by atoms with van der Waals surface area (Å²) in [6.45, 7) is 2.59. The number of hydrogen-bond donors (Lipinski definition) is 1. The van der Waals surface area contributed by atoms with Gasteiger partial charge in [-0.15, -0.1) is 0 Å². The minimum Gasteiger partial charge on any atom is -0.376 e. The van der Waals surface area contributed by atoms with E-state index in [0.717, 1.165) is 12.1 Å². The Morgan fingerprint density at radius 3 is 2.90 bits per heavy atom. The largest absolute Gasteiger partial charge is 0.376 e. The predicted octanol–water partition coefficient (Wildman–Crippen LogP) is 3.14. The highest BCUT2D eigenvalue weighted by atomic mass is 19.1. The van der Waals surface area contributed by atoms with Crippen LogP contribution in [-0.2, 0) is 11.2 Å². The van der Waals surface area contributed by atoms with E-state index in [2.05, 4.69) is 5.32 Å². The third kappa shape index (κ3) is 2.75. The molecule has 2 aromatic carbocycles. The number of anilines is 2. The molecule has 3 nitrogen and oxygen atoms in total. The molecule has 0 atom stereocenters. The van der Waals surface area contributed by atoms with Crippen molar-refractivity contribution in [2.75, 3.05) is 23.3 Å². The van der Waals surface area contributed by atoms with Crippen LogP contribution in [0.3, 0.4) is 0 Å². The third-order valence-corrected chi connectivity index (χ3v) is 3.80. The number of para-hydroxylation sites is 1. The number of aryl methyl sites for hydroxylation is 1. The van der Waals surface area contributed by atoms with Crippen LogP contribution < -0.4 is 10.2 Å². The molecule has 0 aliphatic carbocycles. The van der Waals surface area contributed by atoms with Gasteiger partial charge >= 0.3 is 0 Å². The molecule has 1 aliphatic heterocycles. The zero-order valence-electron chi connectivity index (χ0n) is 11.9. The molecule has 1 N–H and O–H groups in total. The maximum atomic E-state index is 13.5. The van der Waals surface area contributed by atoms with Crippen LogP contribution in [0.1, 0.15) is 11.1 Å². The topological polar surface area (TPSA) is 32.3 Å². The van der Waals surface area contributed by atoms with Crippen LogP contribution in [0.4, 0.5) is 15.8 Å². The summed E-state index contributed by atoms with van der Waals surface area (Å²) in [5, 5.41) is 2.99.